The van der Waals surface area contributed by atoms with Gasteiger partial charge in [-0.2, -0.15) is 0 Å². The molecule has 0 bridgehead atoms. The molecular weight excluding hydrogens is 186 g/mol. The summed E-state index contributed by atoms with van der Waals surface area (Å²) in [5.41, 5.74) is -0.683. The van der Waals surface area contributed by atoms with E-state index in [0.717, 1.165) is 0 Å². The minimum Gasteiger partial charge on any atom is -0.508 e. The molecule has 0 amide bonds. The average Bonchev–Trinajstić information content (AvgIpc) is 2.16. The molecular formula is C9H5NO4. The van der Waals surface area contributed by atoms with E-state index in [0.29, 0.717) is 0 Å². The molecule has 0 spiro atoms. The number of esters is 1. The Kier molecular flexibility index (Phi) is 1.60. The number of benzene rings is 1. The minimum atomic E-state index is -0.965. The maximum absolute atomic E-state index is 11.3. The second kappa shape index (κ2) is 2.66. The van der Waals surface area contributed by atoms with Crippen molar-refractivity contribution in [3.63, 3.8) is 0 Å². The fourth-order valence-corrected chi connectivity index (χ4v) is 1.16. The lowest BCUT2D eigenvalue weighted by atomic mass is 10.0. The number of phenolic OH excluding ortho intramolecular Hbond substituents is 1. The highest BCUT2D eigenvalue weighted by atomic mass is 16.5. The highest BCUT2D eigenvalue weighted by molar-refractivity contribution is 6.68. The number of nitrogens with one attached hydrogen (secondary N) is 1. The standard InChI is InChI=1S/C9H5NO4/c10-7-8(12)5-3-4(11)1-2-6(5)14-9(7)13/h1-3,10-11H. The van der Waals surface area contributed by atoms with E-state index >= 15 is 0 Å². The highest BCUT2D eigenvalue weighted by Crippen LogP contribution is 2.27. The predicted molar refractivity (Wildman–Crippen MR) is 45.8 cm³/mol. The first-order valence-electron chi connectivity index (χ1n) is 3.78. The normalized spacial score (nSPS) is 15.0. The number of fused-ring (bicyclic) bond motifs is 1. The smallest absolute Gasteiger partial charge is 0.365 e. The Bertz CT molecular complexity index is 464. The number of carbonyl (C=O) groups excluding carboxylic acids is 2. The van der Waals surface area contributed by atoms with Crippen molar-refractivity contribution in [2.45, 2.75) is 0 Å². The second-order valence-electron chi connectivity index (χ2n) is 2.77. The number of hydrogen-bond acceptors (Lipinski definition) is 5. The number of ketones is 1. The molecule has 0 atom stereocenters. The quantitative estimate of drug-likeness (QED) is 0.462. The summed E-state index contributed by atoms with van der Waals surface area (Å²) in [6.07, 6.45) is 0. The van der Waals surface area contributed by atoms with Crippen molar-refractivity contribution in [1.82, 2.24) is 0 Å². The van der Waals surface area contributed by atoms with Gasteiger partial charge in [-0.1, -0.05) is 0 Å². The van der Waals surface area contributed by atoms with Crippen LogP contribution in [-0.2, 0) is 4.79 Å². The molecule has 0 aliphatic carbocycles. The predicted octanol–water partition coefficient (Wildman–Crippen LogP) is 0.514. The molecule has 1 aliphatic heterocycles. The number of aromatic hydroxyl groups is 1. The fourth-order valence-electron chi connectivity index (χ4n) is 1.16. The van der Waals surface area contributed by atoms with Crippen LogP contribution in [0.2, 0.25) is 0 Å². The van der Waals surface area contributed by atoms with Crippen LogP contribution >= 0.6 is 0 Å². The third-order valence-corrected chi connectivity index (χ3v) is 1.84. The first-order chi connectivity index (χ1) is 6.59. The summed E-state index contributed by atoms with van der Waals surface area (Å²) >= 11 is 0. The zero-order valence-corrected chi connectivity index (χ0v) is 6.90. The molecule has 1 aliphatic rings. The van der Waals surface area contributed by atoms with Crippen molar-refractivity contribution >= 4 is 17.5 Å². The van der Waals surface area contributed by atoms with Crippen LogP contribution in [0, 0.1) is 5.41 Å². The minimum absolute atomic E-state index is 0.0367. The Labute approximate surface area is 78.4 Å². The zero-order valence-electron chi connectivity index (χ0n) is 6.90. The van der Waals surface area contributed by atoms with E-state index in [1.807, 2.05) is 0 Å². The number of carbonyl (C=O) groups is 2. The van der Waals surface area contributed by atoms with Gasteiger partial charge in [-0.25, -0.2) is 4.79 Å². The summed E-state index contributed by atoms with van der Waals surface area (Å²) in [5, 5.41) is 16.2. The van der Waals surface area contributed by atoms with Gasteiger partial charge in [0.15, 0.2) is 5.71 Å². The number of hydrogen-bond donors (Lipinski definition) is 2. The molecule has 0 radical (unpaired) electrons. The van der Waals surface area contributed by atoms with Crippen molar-refractivity contribution in [2.75, 3.05) is 0 Å². The van der Waals surface area contributed by atoms with Crippen molar-refractivity contribution < 1.29 is 19.4 Å². The maximum atomic E-state index is 11.3. The van der Waals surface area contributed by atoms with Gasteiger partial charge in [0.25, 0.3) is 0 Å². The largest absolute Gasteiger partial charge is 0.508 e. The molecule has 2 rings (SSSR count). The molecule has 0 saturated carbocycles. The van der Waals surface area contributed by atoms with E-state index in [1.165, 1.54) is 18.2 Å². The van der Waals surface area contributed by atoms with Crippen molar-refractivity contribution in [3.8, 4) is 11.5 Å². The molecule has 70 valence electrons. The van der Waals surface area contributed by atoms with E-state index in [4.69, 9.17) is 10.5 Å². The lowest BCUT2D eigenvalue weighted by Crippen LogP contribution is -2.32. The molecule has 0 fully saturated rings. The lowest BCUT2D eigenvalue weighted by Gasteiger charge is -2.14. The van der Waals surface area contributed by atoms with Crippen LogP contribution in [0.25, 0.3) is 0 Å². The molecule has 0 unspecified atom stereocenters. The summed E-state index contributed by atoms with van der Waals surface area (Å²) in [5.74, 6) is -1.73. The number of rotatable bonds is 0. The van der Waals surface area contributed by atoms with E-state index in [2.05, 4.69) is 4.74 Å². The Morgan fingerprint density at radius 2 is 2.00 bits per heavy atom. The topological polar surface area (TPSA) is 87.5 Å². The summed E-state index contributed by atoms with van der Waals surface area (Å²) in [6, 6.07) is 3.78. The molecule has 5 heteroatoms. The number of ether oxygens (including phenoxy) is 1. The van der Waals surface area contributed by atoms with E-state index in [9.17, 15) is 9.59 Å². The Balaban J connectivity index is 2.62. The van der Waals surface area contributed by atoms with Gasteiger partial charge in [0, 0.05) is 0 Å². The molecule has 1 heterocycles. The third-order valence-electron chi connectivity index (χ3n) is 1.84. The average molecular weight is 191 g/mol. The molecule has 0 saturated heterocycles. The van der Waals surface area contributed by atoms with Crippen molar-refractivity contribution in [3.05, 3.63) is 23.8 Å². The van der Waals surface area contributed by atoms with Gasteiger partial charge in [0.1, 0.15) is 11.5 Å². The molecule has 5 nitrogen and oxygen atoms in total. The molecule has 14 heavy (non-hydrogen) atoms. The van der Waals surface area contributed by atoms with Crippen LogP contribution in [0.5, 0.6) is 11.5 Å². The lowest BCUT2D eigenvalue weighted by molar-refractivity contribution is -0.127. The monoisotopic (exact) mass is 191 g/mol. The molecule has 0 aromatic heterocycles. The van der Waals surface area contributed by atoms with Gasteiger partial charge in [0.2, 0.25) is 5.78 Å². The van der Waals surface area contributed by atoms with Crippen molar-refractivity contribution in [1.29, 1.82) is 5.41 Å². The first-order valence-corrected chi connectivity index (χ1v) is 3.78. The third kappa shape index (κ3) is 1.06. The molecule has 1 aromatic rings. The van der Waals surface area contributed by atoms with Gasteiger partial charge in [-0.15, -0.1) is 0 Å². The van der Waals surface area contributed by atoms with Gasteiger partial charge in [-0.3, -0.25) is 10.2 Å². The van der Waals surface area contributed by atoms with Crippen LogP contribution in [-0.4, -0.2) is 22.6 Å². The highest BCUT2D eigenvalue weighted by Gasteiger charge is 2.31. The van der Waals surface area contributed by atoms with Crippen LogP contribution in [0.3, 0.4) is 0 Å². The number of phenols is 1. The summed E-state index contributed by atoms with van der Waals surface area (Å²) in [4.78, 5) is 22.3. The molecule has 1 aromatic carbocycles. The maximum Gasteiger partial charge on any atom is 0.365 e. The van der Waals surface area contributed by atoms with Crippen LogP contribution in [0.1, 0.15) is 10.4 Å². The van der Waals surface area contributed by atoms with E-state index in [-0.39, 0.29) is 17.1 Å². The van der Waals surface area contributed by atoms with E-state index in [1.54, 1.807) is 0 Å². The van der Waals surface area contributed by atoms with Gasteiger partial charge in [-0.05, 0) is 18.2 Å². The van der Waals surface area contributed by atoms with Gasteiger partial charge < -0.3 is 9.84 Å². The van der Waals surface area contributed by atoms with Gasteiger partial charge >= 0.3 is 5.97 Å². The Morgan fingerprint density at radius 3 is 2.71 bits per heavy atom. The second-order valence-corrected chi connectivity index (χ2v) is 2.77. The Morgan fingerprint density at radius 1 is 1.29 bits per heavy atom. The van der Waals surface area contributed by atoms with Gasteiger partial charge in [0.05, 0.1) is 5.56 Å². The van der Waals surface area contributed by atoms with Crippen LogP contribution in [0.4, 0.5) is 0 Å². The fraction of sp³-hybridized carbons (Fsp3) is 0. The van der Waals surface area contributed by atoms with Crippen molar-refractivity contribution in [2.24, 2.45) is 0 Å². The van der Waals surface area contributed by atoms with Crippen LogP contribution in [0.15, 0.2) is 18.2 Å². The van der Waals surface area contributed by atoms with Crippen LogP contribution < -0.4 is 4.74 Å². The summed E-state index contributed by atoms with van der Waals surface area (Å²) in [6.45, 7) is 0. The first kappa shape index (κ1) is 8.43. The SMILES string of the molecule is N=C1C(=O)Oc2ccc(O)cc2C1=O. The summed E-state index contributed by atoms with van der Waals surface area (Å²) in [7, 11) is 0. The zero-order chi connectivity index (χ0) is 10.3. The number of Topliss-reactive ketones (excluding diaryl/α,β-unsaturated/α-hetero) is 1. The molecule has 2 N–H and O–H groups in total. The Hall–Kier alpha value is -2.17. The van der Waals surface area contributed by atoms with E-state index < -0.39 is 17.5 Å². The summed E-state index contributed by atoms with van der Waals surface area (Å²) < 4.78 is 4.67.